The number of carbonyl (C=O) groups is 1. The number of hydrogen-bond donors (Lipinski definition) is 1. The zero-order chi connectivity index (χ0) is 20.7. The fraction of sp³-hybridized carbons (Fsp3) is 0.792. The molecule has 0 aliphatic rings. The number of aliphatic hydroxyl groups excluding tert-OH is 1. The molecule has 1 N–H and O–H groups in total. The van der Waals surface area contributed by atoms with Gasteiger partial charge in [0.2, 0.25) is 0 Å². The van der Waals surface area contributed by atoms with Crippen molar-refractivity contribution in [2.45, 2.75) is 103 Å². The van der Waals surface area contributed by atoms with Gasteiger partial charge in [0, 0.05) is 13.5 Å². The highest BCUT2D eigenvalue weighted by Crippen LogP contribution is 2.08. The van der Waals surface area contributed by atoms with Crippen LogP contribution < -0.4 is 0 Å². The zero-order valence-electron chi connectivity index (χ0n) is 18.4. The van der Waals surface area contributed by atoms with Crippen molar-refractivity contribution in [1.82, 2.24) is 0 Å². The fourth-order valence-corrected chi connectivity index (χ4v) is 2.94. The number of esters is 1. The molecule has 0 spiro atoms. The van der Waals surface area contributed by atoms with Gasteiger partial charge in [-0.2, -0.15) is 0 Å². The molecule has 0 saturated heterocycles. The Bertz CT molecular complexity index is 390. The Morgan fingerprint density at radius 1 is 0.857 bits per heavy atom. The molecule has 4 nitrogen and oxygen atoms in total. The van der Waals surface area contributed by atoms with Gasteiger partial charge in [-0.15, -0.1) is 0 Å². The molecule has 0 aromatic rings. The smallest absolute Gasteiger partial charge is 0.303 e. The molecule has 0 amide bonds. The van der Waals surface area contributed by atoms with Crippen LogP contribution in [-0.2, 0) is 14.3 Å². The molecule has 0 rings (SSSR count). The van der Waals surface area contributed by atoms with Gasteiger partial charge in [-0.25, -0.2) is 0 Å². The van der Waals surface area contributed by atoms with Crippen LogP contribution in [0.25, 0.3) is 0 Å². The van der Waals surface area contributed by atoms with E-state index in [4.69, 9.17) is 14.6 Å². The van der Waals surface area contributed by atoms with Crippen molar-refractivity contribution in [2.75, 3.05) is 19.8 Å². The van der Waals surface area contributed by atoms with E-state index in [0.717, 1.165) is 19.3 Å². The summed E-state index contributed by atoms with van der Waals surface area (Å²) in [5.74, 6) is -0.383. The first-order chi connectivity index (χ1) is 13.7. The van der Waals surface area contributed by atoms with Gasteiger partial charge in [0.15, 0.2) is 0 Å². The summed E-state index contributed by atoms with van der Waals surface area (Å²) in [6, 6.07) is 0. The fourth-order valence-electron chi connectivity index (χ4n) is 2.94. The Labute approximate surface area is 173 Å². The molecule has 0 radical (unpaired) electrons. The molecule has 1 atom stereocenters. The van der Waals surface area contributed by atoms with E-state index >= 15 is 0 Å². The van der Waals surface area contributed by atoms with Crippen LogP contribution in [0.5, 0.6) is 0 Å². The van der Waals surface area contributed by atoms with Gasteiger partial charge in [0.05, 0.1) is 13.2 Å². The molecule has 4 heteroatoms. The van der Waals surface area contributed by atoms with Gasteiger partial charge in [-0.1, -0.05) is 76.2 Å². The summed E-state index contributed by atoms with van der Waals surface area (Å²) < 4.78 is 10.4. The third-order valence-corrected chi connectivity index (χ3v) is 4.58. The maximum atomic E-state index is 10.8. The Morgan fingerprint density at radius 2 is 1.43 bits per heavy atom. The standard InChI is InChI=1S/C24H44O4/c1-3-4-5-6-7-8-9-10-11-12-13-14-15-16-17-18-19-20-27-22-24(21-25)28-23(2)26/h8-9,11-12,24-25H,3-7,10,13-22H2,1-2H3/b9-8-,12-11-. The minimum absolute atomic E-state index is 0.191. The first-order valence-corrected chi connectivity index (χ1v) is 11.4. The SMILES string of the molecule is CCCCCC/C=C\C/C=C\CCCCCCCCOCC(CO)OC(C)=O. The van der Waals surface area contributed by atoms with Crippen LogP contribution in [0.15, 0.2) is 24.3 Å². The second-order valence-electron chi connectivity index (χ2n) is 7.43. The van der Waals surface area contributed by atoms with Crippen molar-refractivity contribution in [3.8, 4) is 0 Å². The topological polar surface area (TPSA) is 55.8 Å². The number of allylic oxidation sites excluding steroid dienone is 4. The summed E-state index contributed by atoms with van der Waals surface area (Å²) in [5.41, 5.74) is 0. The van der Waals surface area contributed by atoms with Crippen molar-refractivity contribution >= 4 is 5.97 Å². The van der Waals surface area contributed by atoms with E-state index in [1.165, 1.54) is 71.1 Å². The predicted molar refractivity (Wildman–Crippen MR) is 117 cm³/mol. The molecule has 0 aliphatic heterocycles. The first kappa shape index (κ1) is 26.9. The summed E-state index contributed by atoms with van der Waals surface area (Å²) >= 11 is 0. The lowest BCUT2D eigenvalue weighted by atomic mass is 10.1. The quantitative estimate of drug-likeness (QED) is 0.153. The maximum absolute atomic E-state index is 10.8. The lowest BCUT2D eigenvalue weighted by Gasteiger charge is -2.14. The normalized spacial score (nSPS) is 12.8. The van der Waals surface area contributed by atoms with Gasteiger partial charge in [-0.05, 0) is 38.5 Å². The monoisotopic (exact) mass is 396 g/mol. The van der Waals surface area contributed by atoms with E-state index in [1.807, 2.05) is 0 Å². The molecule has 28 heavy (non-hydrogen) atoms. The van der Waals surface area contributed by atoms with Gasteiger partial charge in [0.25, 0.3) is 0 Å². The zero-order valence-corrected chi connectivity index (χ0v) is 18.4. The molecule has 0 fully saturated rings. The molecule has 1 unspecified atom stereocenters. The average Bonchev–Trinajstić information content (AvgIpc) is 2.68. The molecule has 0 aromatic heterocycles. The third-order valence-electron chi connectivity index (χ3n) is 4.58. The third kappa shape index (κ3) is 21.2. The molecule has 0 aromatic carbocycles. The highest BCUT2D eigenvalue weighted by Gasteiger charge is 2.10. The molecular weight excluding hydrogens is 352 g/mol. The van der Waals surface area contributed by atoms with E-state index < -0.39 is 6.10 Å². The number of unbranched alkanes of at least 4 members (excludes halogenated alkanes) is 10. The van der Waals surface area contributed by atoms with Crippen LogP contribution in [0.1, 0.15) is 97.3 Å². The van der Waals surface area contributed by atoms with E-state index in [-0.39, 0.29) is 19.2 Å². The van der Waals surface area contributed by atoms with Gasteiger partial charge in [0.1, 0.15) is 6.10 Å². The second kappa shape index (κ2) is 22.2. The number of carbonyl (C=O) groups excluding carboxylic acids is 1. The first-order valence-electron chi connectivity index (χ1n) is 11.4. The van der Waals surface area contributed by atoms with E-state index in [2.05, 4.69) is 31.2 Å². The van der Waals surface area contributed by atoms with E-state index in [1.54, 1.807) is 0 Å². The minimum atomic E-state index is -0.535. The van der Waals surface area contributed by atoms with Gasteiger partial charge in [-0.3, -0.25) is 4.79 Å². The molecule has 164 valence electrons. The lowest BCUT2D eigenvalue weighted by molar-refractivity contribution is -0.152. The van der Waals surface area contributed by atoms with Crippen molar-refractivity contribution in [1.29, 1.82) is 0 Å². The van der Waals surface area contributed by atoms with Crippen molar-refractivity contribution in [3.05, 3.63) is 24.3 Å². The number of hydrogen-bond acceptors (Lipinski definition) is 4. The van der Waals surface area contributed by atoms with E-state index in [0.29, 0.717) is 6.61 Å². The number of ether oxygens (including phenoxy) is 2. The summed E-state index contributed by atoms with van der Waals surface area (Å²) in [6.45, 7) is 4.33. The molecular formula is C24H44O4. The van der Waals surface area contributed by atoms with Crippen molar-refractivity contribution in [2.24, 2.45) is 0 Å². The molecule has 0 saturated carbocycles. The van der Waals surface area contributed by atoms with Crippen LogP contribution in [-0.4, -0.2) is 37.0 Å². The van der Waals surface area contributed by atoms with Crippen LogP contribution in [0.3, 0.4) is 0 Å². The van der Waals surface area contributed by atoms with Crippen LogP contribution in [0.4, 0.5) is 0 Å². The Morgan fingerprint density at radius 3 is 2.00 bits per heavy atom. The average molecular weight is 397 g/mol. The Kier molecular flexibility index (Phi) is 21.3. The summed E-state index contributed by atoms with van der Waals surface area (Å²) in [5, 5.41) is 9.06. The molecule has 0 aliphatic carbocycles. The highest BCUT2D eigenvalue weighted by molar-refractivity contribution is 5.66. The number of rotatable bonds is 20. The van der Waals surface area contributed by atoms with Crippen molar-refractivity contribution in [3.63, 3.8) is 0 Å². The molecule has 0 heterocycles. The van der Waals surface area contributed by atoms with Gasteiger partial charge >= 0.3 is 5.97 Å². The van der Waals surface area contributed by atoms with Crippen LogP contribution >= 0.6 is 0 Å². The largest absolute Gasteiger partial charge is 0.458 e. The van der Waals surface area contributed by atoms with E-state index in [9.17, 15) is 4.79 Å². The minimum Gasteiger partial charge on any atom is -0.458 e. The Hall–Kier alpha value is -1.13. The summed E-state index contributed by atoms with van der Waals surface area (Å²) in [4.78, 5) is 10.8. The lowest BCUT2D eigenvalue weighted by Crippen LogP contribution is -2.26. The van der Waals surface area contributed by atoms with Crippen LogP contribution in [0.2, 0.25) is 0 Å². The van der Waals surface area contributed by atoms with Crippen LogP contribution in [0, 0.1) is 0 Å². The van der Waals surface area contributed by atoms with Gasteiger partial charge < -0.3 is 14.6 Å². The summed E-state index contributed by atoms with van der Waals surface area (Å²) in [6.07, 6.45) is 24.8. The molecule has 0 bridgehead atoms. The predicted octanol–water partition coefficient (Wildman–Crippen LogP) is 6.13. The Balaban J connectivity index is 3.28. The highest BCUT2D eigenvalue weighted by atomic mass is 16.6. The second-order valence-corrected chi connectivity index (χ2v) is 7.43. The summed E-state index contributed by atoms with van der Waals surface area (Å²) in [7, 11) is 0. The number of aliphatic hydroxyl groups is 1. The van der Waals surface area contributed by atoms with Crippen molar-refractivity contribution < 1.29 is 19.4 Å². The maximum Gasteiger partial charge on any atom is 0.303 e.